The second-order valence-corrected chi connectivity index (χ2v) is 6.82. The number of thioether (sulfide) groups is 1. The Morgan fingerprint density at radius 3 is 2.82 bits per heavy atom. The molecule has 120 valence electrons. The Bertz CT molecular complexity index is 610. The highest BCUT2D eigenvalue weighted by atomic mass is 32.2. The van der Waals surface area contributed by atoms with Gasteiger partial charge in [0.15, 0.2) is 0 Å². The van der Waals surface area contributed by atoms with Crippen LogP contribution in [0, 0.1) is 0 Å². The Kier molecular flexibility index (Phi) is 5.60. The third-order valence-electron chi connectivity index (χ3n) is 3.15. The van der Waals surface area contributed by atoms with Gasteiger partial charge in [-0.15, -0.1) is 11.8 Å². The quantitative estimate of drug-likeness (QED) is 0.390. The first-order valence-corrected chi connectivity index (χ1v) is 8.50. The molecule has 0 saturated carbocycles. The van der Waals surface area contributed by atoms with Gasteiger partial charge < -0.3 is 14.7 Å². The maximum atomic E-state index is 13.1. The molecular formula is C14H17FN2O3S2. The van der Waals surface area contributed by atoms with Gasteiger partial charge in [-0.3, -0.25) is 0 Å². The number of carbonyl (C=O) groups is 1. The highest BCUT2D eigenvalue weighted by Crippen LogP contribution is 2.41. The Hall–Kier alpha value is -1.38. The standard InChI is InChI=1S/C14H17FN2O3S2/c1-16-4-5-17(2)22-12-7-11(13(21-3)6-10(12)16)20-8-9(15)14(18)19/h6-8H,4-5H2,1-3H3,(H,18,19)/b9-8-. The molecular weight excluding hydrogens is 327 g/mol. The summed E-state index contributed by atoms with van der Waals surface area (Å²) < 4.78 is 20.4. The predicted molar refractivity (Wildman–Crippen MR) is 87.4 cm³/mol. The van der Waals surface area contributed by atoms with Crippen LogP contribution >= 0.6 is 23.7 Å². The van der Waals surface area contributed by atoms with Crippen LogP contribution in [0.4, 0.5) is 10.1 Å². The molecule has 2 rings (SSSR count). The smallest absolute Gasteiger partial charge is 0.368 e. The molecule has 0 amide bonds. The van der Waals surface area contributed by atoms with Crippen LogP contribution in [0.15, 0.2) is 34.0 Å². The number of rotatable bonds is 4. The predicted octanol–water partition coefficient (Wildman–Crippen LogP) is 3.07. The summed E-state index contributed by atoms with van der Waals surface area (Å²) in [5, 5.41) is 8.54. The van der Waals surface area contributed by atoms with Crippen LogP contribution in [0.3, 0.4) is 0 Å². The molecule has 0 aromatic heterocycles. The summed E-state index contributed by atoms with van der Waals surface area (Å²) in [5.41, 5.74) is 1.08. The Labute approximate surface area is 137 Å². The zero-order valence-electron chi connectivity index (χ0n) is 12.5. The summed E-state index contributed by atoms with van der Waals surface area (Å²) in [6.07, 6.45) is 2.51. The summed E-state index contributed by atoms with van der Waals surface area (Å²) in [5.74, 6) is -2.53. The fraction of sp³-hybridized carbons (Fsp3) is 0.357. The molecule has 1 aromatic carbocycles. The van der Waals surface area contributed by atoms with Crippen molar-refractivity contribution < 1.29 is 19.0 Å². The average molecular weight is 344 g/mol. The van der Waals surface area contributed by atoms with Gasteiger partial charge in [-0.25, -0.2) is 9.10 Å². The van der Waals surface area contributed by atoms with Gasteiger partial charge in [-0.2, -0.15) is 4.39 Å². The minimum atomic E-state index is -1.64. The molecule has 0 saturated heterocycles. The summed E-state index contributed by atoms with van der Waals surface area (Å²) in [6, 6.07) is 3.80. The van der Waals surface area contributed by atoms with E-state index in [-0.39, 0.29) is 0 Å². The van der Waals surface area contributed by atoms with Crippen molar-refractivity contribution in [3.05, 3.63) is 24.2 Å². The molecule has 0 aliphatic carbocycles. The van der Waals surface area contributed by atoms with Gasteiger partial charge in [0.1, 0.15) is 12.0 Å². The van der Waals surface area contributed by atoms with Crippen LogP contribution in [0.2, 0.25) is 0 Å². The van der Waals surface area contributed by atoms with Gasteiger partial charge in [0.25, 0.3) is 0 Å². The second kappa shape index (κ2) is 7.26. The zero-order valence-corrected chi connectivity index (χ0v) is 14.1. The lowest BCUT2D eigenvalue weighted by Crippen LogP contribution is -2.24. The molecule has 0 atom stereocenters. The number of ether oxygens (including phenoxy) is 1. The Morgan fingerprint density at radius 1 is 1.45 bits per heavy atom. The summed E-state index contributed by atoms with van der Waals surface area (Å²) in [6.45, 7) is 1.81. The van der Waals surface area contributed by atoms with E-state index in [0.717, 1.165) is 28.6 Å². The first kappa shape index (κ1) is 17.0. The lowest BCUT2D eigenvalue weighted by molar-refractivity contribution is -0.134. The molecule has 22 heavy (non-hydrogen) atoms. The number of likely N-dealkylation sites (N-methyl/N-ethyl adjacent to an activating group) is 2. The van der Waals surface area contributed by atoms with Gasteiger partial charge in [-0.1, -0.05) is 0 Å². The molecule has 0 radical (unpaired) electrons. The van der Waals surface area contributed by atoms with Gasteiger partial charge in [0, 0.05) is 20.1 Å². The van der Waals surface area contributed by atoms with Crippen LogP contribution in [0.1, 0.15) is 0 Å². The lowest BCUT2D eigenvalue weighted by Gasteiger charge is -2.20. The van der Waals surface area contributed by atoms with Crippen molar-refractivity contribution in [1.82, 2.24) is 4.31 Å². The Morgan fingerprint density at radius 2 is 2.18 bits per heavy atom. The molecule has 1 aromatic rings. The first-order valence-electron chi connectivity index (χ1n) is 6.50. The first-order chi connectivity index (χ1) is 10.4. The molecule has 1 aliphatic heterocycles. The van der Waals surface area contributed by atoms with E-state index in [1.54, 1.807) is 11.9 Å². The van der Waals surface area contributed by atoms with Crippen molar-refractivity contribution in [2.24, 2.45) is 0 Å². The molecule has 0 bridgehead atoms. The average Bonchev–Trinajstić information content (AvgIpc) is 2.62. The van der Waals surface area contributed by atoms with Gasteiger partial charge >= 0.3 is 5.97 Å². The van der Waals surface area contributed by atoms with Crippen molar-refractivity contribution in [2.45, 2.75) is 9.79 Å². The third-order valence-corrected chi connectivity index (χ3v) is 4.93. The normalized spacial score (nSPS) is 16.2. The van der Waals surface area contributed by atoms with Gasteiger partial charge in [0.2, 0.25) is 5.83 Å². The van der Waals surface area contributed by atoms with Crippen LogP contribution in [-0.2, 0) is 4.79 Å². The maximum Gasteiger partial charge on any atom is 0.368 e. The highest BCUT2D eigenvalue weighted by molar-refractivity contribution is 7.98. The van der Waals surface area contributed by atoms with E-state index in [9.17, 15) is 9.18 Å². The van der Waals surface area contributed by atoms with Gasteiger partial charge in [-0.05, 0) is 37.4 Å². The number of fused-ring (bicyclic) bond motifs is 1. The molecule has 0 unspecified atom stereocenters. The van der Waals surface area contributed by atoms with Crippen LogP contribution < -0.4 is 9.64 Å². The van der Waals surface area contributed by atoms with Crippen LogP contribution in [0.5, 0.6) is 5.75 Å². The number of hydrogen-bond acceptors (Lipinski definition) is 6. The van der Waals surface area contributed by atoms with Crippen molar-refractivity contribution in [3.8, 4) is 5.75 Å². The number of carboxylic acids is 1. The van der Waals surface area contributed by atoms with E-state index in [1.807, 2.05) is 32.5 Å². The zero-order chi connectivity index (χ0) is 16.3. The number of carboxylic acid groups (broad SMARTS) is 1. The molecule has 0 spiro atoms. The lowest BCUT2D eigenvalue weighted by atomic mass is 10.2. The number of aliphatic carboxylic acids is 1. The Balaban J connectivity index is 2.39. The SMILES string of the molecule is CSc1cc2c(cc1O/C=C(\F)C(=O)O)SN(C)CCN2C. The maximum absolute atomic E-state index is 13.1. The van der Waals surface area contributed by atoms with E-state index in [4.69, 9.17) is 9.84 Å². The van der Waals surface area contributed by atoms with Crippen molar-refractivity contribution in [2.75, 3.05) is 38.3 Å². The molecule has 1 N–H and O–H groups in total. The van der Waals surface area contributed by atoms with Crippen molar-refractivity contribution in [1.29, 1.82) is 0 Å². The van der Waals surface area contributed by atoms with E-state index >= 15 is 0 Å². The number of benzene rings is 1. The fourth-order valence-corrected chi connectivity index (χ4v) is 3.46. The summed E-state index contributed by atoms with van der Waals surface area (Å²) in [4.78, 5) is 14.5. The van der Waals surface area contributed by atoms with E-state index in [0.29, 0.717) is 12.0 Å². The topological polar surface area (TPSA) is 53.0 Å². The third kappa shape index (κ3) is 3.88. The van der Waals surface area contributed by atoms with Gasteiger partial charge in [0.05, 0.1) is 15.5 Å². The fourth-order valence-electron chi connectivity index (χ4n) is 1.94. The highest BCUT2D eigenvalue weighted by Gasteiger charge is 2.19. The molecule has 1 aliphatic rings. The minimum absolute atomic E-state index is 0.443. The van der Waals surface area contributed by atoms with E-state index in [2.05, 4.69) is 9.21 Å². The molecule has 5 nitrogen and oxygen atoms in total. The summed E-state index contributed by atoms with van der Waals surface area (Å²) >= 11 is 3.05. The number of nitrogens with zero attached hydrogens (tertiary/aromatic N) is 2. The molecule has 0 fully saturated rings. The van der Waals surface area contributed by atoms with Crippen LogP contribution in [-0.4, -0.2) is 48.8 Å². The monoisotopic (exact) mass is 344 g/mol. The van der Waals surface area contributed by atoms with Crippen LogP contribution in [0.25, 0.3) is 0 Å². The second-order valence-electron chi connectivity index (χ2n) is 4.72. The molecule has 1 heterocycles. The van der Waals surface area contributed by atoms with E-state index in [1.165, 1.54) is 11.8 Å². The molecule has 8 heteroatoms. The number of hydrogen-bond donors (Lipinski definition) is 1. The number of halogens is 1. The summed E-state index contributed by atoms with van der Waals surface area (Å²) in [7, 11) is 4.02. The van der Waals surface area contributed by atoms with E-state index < -0.39 is 11.8 Å². The number of anilines is 1. The van der Waals surface area contributed by atoms with Crippen molar-refractivity contribution >= 4 is 35.4 Å². The van der Waals surface area contributed by atoms with Crippen molar-refractivity contribution in [3.63, 3.8) is 0 Å². The minimum Gasteiger partial charge on any atom is -0.476 e. The largest absolute Gasteiger partial charge is 0.476 e.